The van der Waals surface area contributed by atoms with Crippen molar-refractivity contribution in [3.63, 3.8) is 0 Å². The molecule has 0 spiro atoms. The van der Waals surface area contributed by atoms with E-state index in [4.69, 9.17) is 5.11 Å². The van der Waals surface area contributed by atoms with Gasteiger partial charge in [0.05, 0.1) is 0 Å². The summed E-state index contributed by atoms with van der Waals surface area (Å²) in [5.74, 6) is -0.454. The van der Waals surface area contributed by atoms with Crippen molar-refractivity contribution in [3.8, 4) is 0 Å². The van der Waals surface area contributed by atoms with Crippen LogP contribution in [0.4, 0.5) is 0 Å². The van der Waals surface area contributed by atoms with E-state index in [0.717, 1.165) is 6.42 Å². The minimum Gasteiger partial charge on any atom is -0.481 e. The van der Waals surface area contributed by atoms with Gasteiger partial charge in [-0.25, -0.2) is 0 Å². The molecule has 1 atom stereocenters. The molecule has 1 amide bonds. The van der Waals surface area contributed by atoms with Crippen LogP contribution in [0.15, 0.2) is 0 Å². The molecule has 16 heavy (non-hydrogen) atoms. The molecule has 0 bridgehead atoms. The number of carboxylic acid groups (broad SMARTS) is 1. The fraction of sp³-hybridized carbons (Fsp3) is 0.833. The molecule has 0 aliphatic carbocycles. The summed E-state index contributed by atoms with van der Waals surface area (Å²) in [7, 11) is 0. The highest BCUT2D eigenvalue weighted by atomic mass is 16.4. The van der Waals surface area contributed by atoms with E-state index in [1.807, 2.05) is 27.7 Å². The largest absolute Gasteiger partial charge is 0.481 e. The Kier molecular flexibility index (Phi) is 6.08. The Morgan fingerprint density at radius 1 is 1.38 bits per heavy atom. The second-order valence-electron chi connectivity index (χ2n) is 5.04. The Labute approximate surface area is 97.4 Å². The van der Waals surface area contributed by atoms with Crippen LogP contribution < -0.4 is 5.32 Å². The average Bonchev–Trinajstić information content (AvgIpc) is 2.13. The maximum Gasteiger partial charge on any atom is 0.303 e. The van der Waals surface area contributed by atoms with E-state index in [-0.39, 0.29) is 12.3 Å². The third-order valence-corrected chi connectivity index (χ3v) is 2.67. The van der Waals surface area contributed by atoms with E-state index in [0.29, 0.717) is 18.8 Å². The first-order valence-electron chi connectivity index (χ1n) is 5.79. The van der Waals surface area contributed by atoms with Crippen LogP contribution in [0.1, 0.15) is 53.4 Å². The molecule has 0 aromatic heterocycles. The van der Waals surface area contributed by atoms with Crippen molar-refractivity contribution < 1.29 is 14.7 Å². The van der Waals surface area contributed by atoms with Gasteiger partial charge in [0.15, 0.2) is 0 Å². The highest BCUT2D eigenvalue weighted by molar-refractivity contribution is 5.77. The predicted octanol–water partition coefficient (Wildman–Crippen LogP) is 2.18. The number of carbonyl (C=O) groups is 2. The molecule has 0 aliphatic heterocycles. The van der Waals surface area contributed by atoms with Crippen molar-refractivity contribution >= 4 is 11.9 Å². The maximum atomic E-state index is 11.6. The zero-order chi connectivity index (χ0) is 12.8. The van der Waals surface area contributed by atoms with Gasteiger partial charge in [-0.1, -0.05) is 20.3 Å². The third-order valence-electron chi connectivity index (χ3n) is 2.67. The third kappa shape index (κ3) is 7.26. The summed E-state index contributed by atoms with van der Waals surface area (Å²) in [6.45, 7) is 7.78. The number of rotatable bonds is 7. The summed E-state index contributed by atoms with van der Waals surface area (Å²) in [4.78, 5) is 22.1. The minimum atomic E-state index is -0.829. The number of nitrogens with one attached hydrogen (secondary N) is 1. The molecule has 0 radical (unpaired) electrons. The zero-order valence-corrected chi connectivity index (χ0v) is 10.7. The molecule has 0 heterocycles. The minimum absolute atomic E-state index is 0.00439. The molecule has 0 saturated heterocycles. The van der Waals surface area contributed by atoms with Gasteiger partial charge in [0.25, 0.3) is 0 Å². The van der Waals surface area contributed by atoms with Crippen LogP contribution in [0, 0.1) is 5.92 Å². The number of hydrogen-bond donors (Lipinski definition) is 2. The first-order chi connectivity index (χ1) is 7.26. The number of aliphatic carboxylic acids is 1. The SMILES string of the molecule is CCC(C)CC(=O)NC(C)(C)CCC(=O)O. The van der Waals surface area contributed by atoms with Crippen LogP contribution in [0.3, 0.4) is 0 Å². The normalized spacial score (nSPS) is 13.2. The van der Waals surface area contributed by atoms with E-state index >= 15 is 0 Å². The highest BCUT2D eigenvalue weighted by Gasteiger charge is 2.21. The lowest BCUT2D eigenvalue weighted by Crippen LogP contribution is -2.44. The molecular weight excluding hydrogens is 206 g/mol. The van der Waals surface area contributed by atoms with Crippen LogP contribution in [-0.2, 0) is 9.59 Å². The van der Waals surface area contributed by atoms with E-state index in [1.165, 1.54) is 0 Å². The summed E-state index contributed by atoms with van der Waals surface area (Å²) in [6.07, 6.45) is 2.02. The second kappa shape index (κ2) is 6.51. The highest BCUT2D eigenvalue weighted by Crippen LogP contribution is 2.13. The zero-order valence-electron chi connectivity index (χ0n) is 10.7. The van der Waals surface area contributed by atoms with Crippen LogP contribution in [0.5, 0.6) is 0 Å². The fourth-order valence-corrected chi connectivity index (χ4v) is 1.37. The van der Waals surface area contributed by atoms with Crippen molar-refractivity contribution in [2.75, 3.05) is 0 Å². The molecule has 2 N–H and O–H groups in total. The Morgan fingerprint density at radius 2 is 1.94 bits per heavy atom. The molecule has 94 valence electrons. The number of carboxylic acids is 1. The molecule has 4 heteroatoms. The first-order valence-corrected chi connectivity index (χ1v) is 5.79. The Balaban J connectivity index is 4.04. The van der Waals surface area contributed by atoms with Gasteiger partial charge in [-0.3, -0.25) is 9.59 Å². The lowest BCUT2D eigenvalue weighted by atomic mass is 9.97. The molecule has 0 aliphatic rings. The van der Waals surface area contributed by atoms with Crippen molar-refractivity contribution in [3.05, 3.63) is 0 Å². The fourth-order valence-electron chi connectivity index (χ4n) is 1.37. The van der Waals surface area contributed by atoms with Crippen LogP contribution in [0.2, 0.25) is 0 Å². The van der Waals surface area contributed by atoms with E-state index in [1.54, 1.807) is 0 Å². The molecule has 0 fully saturated rings. The lowest BCUT2D eigenvalue weighted by molar-refractivity contribution is -0.137. The van der Waals surface area contributed by atoms with Crippen LogP contribution >= 0.6 is 0 Å². The topological polar surface area (TPSA) is 66.4 Å². The number of carbonyl (C=O) groups excluding carboxylic acids is 1. The van der Waals surface area contributed by atoms with Gasteiger partial charge >= 0.3 is 5.97 Å². The van der Waals surface area contributed by atoms with Gasteiger partial charge < -0.3 is 10.4 Å². The molecule has 0 saturated carbocycles. The molecule has 0 aromatic carbocycles. The summed E-state index contributed by atoms with van der Waals surface area (Å²) in [5, 5.41) is 11.5. The Hall–Kier alpha value is -1.06. The Bertz CT molecular complexity index is 249. The van der Waals surface area contributed by atoms with Gasteiger partial charge in [-0.2, -0.15) is 0 Å². The van der Waals surface area contributed by atoms with Crippen LogP contribution in [-0.4, -0.2) is 22.5 Å². The van der Waals surface area contributed by atoms with Gasteiger partial charge in [0.1, 0.15) is 0 Å². The molecule has 1 unspecified atom stereocenters. The molecule has 0 aromatic rings. The smallest absolute Gasteiger partial charge is 0.303 e. The first kappa shape index (κ1) is 14.9. The Morgan fingerprint density at radius 3 is 2.38 bits per heavy atom. The summed E-state index contributed by atoms with van der Waals surface area (Å²) < 4.78 is 0. The van der Waals surface area contributed by atoms with Crippen LogP contribution in [0.25, 0.3) is 0 Å². The second-order valence-corrected chi connectivity index (χ2v) is 5.04. The van der Waals surface area contributed by atoms with E-state index < -0.39 is 11.5 Å². The monoisotopic (exact) mass is 229 g/mol. The average molecular weight is 229 g/mol. The van der Waals surface area contributed by atoms with E-state index in [2.05, 4.69) is 5.32 Å². The lowest BCUT2D eigenvalue weighted by Gasteiger charge is -2.26. The number of amides is 1. The number of hydrogen-bond acceptors (Lipinski definition) is 2. The van der Waals surface area contributed by atoms with Gasteiger partial charge in [-0.05, 0) is 26.2 Å². The van der Waals surface area contributed by atoms with Gasteiger partial charge in [-0.15, -0.1) is 0 Å². The quantitative estimate of drug-likeness (QED) is 0.703. The molecule has 0 rings (SSSR count). The van der Waals surface area contributed by atoms with Crippen molar-refractivity contribution in [2.45, 2.75) is 58.9 Å². The van der Waals surface area contributed by atoms with Crippen molar-refractivity contribution in [2.24, 2.45) is 5.92 Å². The standard InChI is InChI=1S/C12H23NO3/c1-5-9(2)8-10(14)13-12(3,4)7-6-11(15)16/h9H,5-8H2,1-4H3,(H,13,14)(H,15,16). The summed E-state index contributed by atoms with van der Waals surface area (Å²) in [5.41, 5.74) is -0.442. The van der Waals surface area contributed by atoms with Gasteiger partial charge in [0.2, 0.25) is 5.91 Å². The molecular formula is C12H23NO3. The van der Waals surface area contributed by atoms with E-state index in [9.17, 15) is 9.59 Å². The summed E-state index contributed by atoms with van der Waals surface area (Å²) >= 11 is 0. The van der Waals surface area contributed by atoms with Crippen molar-refractivity contribution in [1.29, 1.82) is 0 Å². The predicted molar refractivity (Wildman–Crippen MR) is 63.2 cm³/mol. The summed E-state index contributed by atoms with van der Waals surface area (Å²) in [6, 6.07) is 0. The van der Waals surface area contributed by atoms with Gasteiger partial charge in [0, 0.05) is 18.4 Å². The molecule has 4 nitrogen and oxygen atoms in total. The van der Waals surface area contributed by atoms with Crippen molar-refractivity contribution in [1.82, 2.24) is 5.32 Å². The maximum absolute atomic E-state index is 11.6.